The predicted molar refractivity (Wildman–Crippen MR) is 129 cm³/mol. The number of nitrogens with zero attached hydrogens (tertiary/aromatic N) is 1. The van der Waals surface area contributed by atoms with Crippen LogP contribution in [0, 0.1) is 13.8 Å². The van der Waals surface area contributed by atoms with Crippen molar-refractivity contribution in [3.05, 3.63) is 75.5 Å². The minimum Gasteiger partial charge on any atom is -0.321 e. The lowest BCUT2D eigenvalue weighted by atomic mass is 10.1. The van der Waals surface area contributed by atoms with Crippen LogP contribution in [0.1, 0.15) is 46.1 Å². The smallest absolute Gasteiger partial charge is 0.267 e. The fourth-order valence-corrected chi connectivity index (χ4v) is 5.68. The summed E-state index contributed by atoms with van der Waals surface area (Å²) in [5.41, 5.74) is 4.51. The monoisotopic (exact) mass is 456 g/mol. The summed E-state index contributed by atoms with van der Waals surface area (Å²) in [6.07, 6.45) is 3.25. The van der Waals surface area contributed by atoms with Crippen molar-refractivity contribution in [1.29, 1.82) is 0 Å². The van der Waals surface area contributed by atoms with Gasteiger partial charge < -0.3 is 5.32 Å². The molecule has 3 aromatic rings. The summed E-state index contributed by atoms with van der Waals surface area (Å²) in [4.78, 5) is 13.1. The molecule has 0 spiro atoms. The molecule has 0 atom stereocenters. The summed E-state index contributed by atoms with van der Waals surface area (Å²) in [5, 5.41) is 4.45. The molecule has 7 heteroatoms. The van der Waals surface area contributed by atoms with Crippen LogP contribution in [0.3, 0.4) is 0 Å². The number of rotatable bonds is 8. The summed E-state index contributed by atoms with van der Waals surface area (Å²) < 4.78 is 27.8. The first-order valence-electron chi connectivity index (χ1n) is 10.3. The topological polar surface area (TPSA) is 66.5 Å². The Hall–Kier alpha value is -2.64. The number of unbranched alkanes of at least 4 members (excludes halogenated alkanes) is 1. The van der Waals surface area contributed by atoms with E-state index in [2.05, 4.69) is 12.2 Å². The molecule has 0 saturated carbocycles. The highest BCUT2D eigenvalue weighted by molar-refractivity contribution is 7.93. The molecular formula is C24H28N2O3S2. The van der Waals surface area contributed by atoms with Gasteiger partial charge in [0.1, 0.15) is 9.77 Å². The SMILES string of the molecule is CCCCc1ccc(NC(=O)c2sccc2S(=O)(=O)N(C)c2ccc(C)c(C)c2)cc1. The number of aryl methyl sites for hydroxylation is 3. The van der Waals surface area contributed by atoms with Crippen LogP contribution < -0.4 is 9.62 Å². The molecule has 0 unspecified atom stereocenters. The Morgan fingerprint density at radius 2 is 1.74 bits per heavy atom. The number of thiophene rings is 1. The average molecular weight is 457 g/mol. The van der Waals surface area contributed by atoms with Gasteiger partial charge in [0.25, 0.3) is 15.9 Å². The van der Waals surface area contributed by atoms with E-state index >= 15 is 0 Å². The second-order valence-corrected chi connectivity index (χ2v) is 10.5. The first-order valence-corrected chi connectivity index (χ1v) is 12.6. The zero-order valence-corrected chi connectivity index (χ0v) is 19.9. The normalized spacial score (nSPS) is 11.4. The summed E-state index contributed by atoms with van der Waals surface area (Å²) in [7, 11) is -2.37. The first-order chi connectivity index (χ1) is 14.7. The number of hydrogen-bond donors (Lipinski definition) is 1. The van der Waals surface area contributed by atoms with Crippen molar-refractivity contribution in [2.75, 3.05) is 16.7 Å². The van der Waals surface area contributed by atoms with Crippen LogP contribution in [0.2, 0.25) is 0 Å². The van der Waals surface area contributed by atoms with Crippen molar-refractivity contribution >= 4 is 38.6 Å². The number of carbonyl (C=O) groups is 1. The fourth-order valence-electron chi connectivity index (χ4n) is 3.20. The summed E-state index contributed by atoms with van der Waals surface area (Å²) in [6, 6.07) is 14.7. The van der Waals surface area contributed by atoms with Gasteiger partial charge in [-0.1, -0.05) is 31.5 Å². The molecule has 0 aliphatic carbocycles. The van der Waals surface area contributed by atoms with Gasteiger partial charge in [-0.15, -0.1) is 11.3 Å². The molecule has 0 aliphatic heterocycles. The molecule has 0 radical (unpaired) electrons. The molecule has 31 heavy (non-hydrogen) atoms. The van der Waals surface area contributed by atoms with Crippen molar-refractivity contribution in [2.45, 2.75) is 44.9 Å². The van der Waals surface area contributed by atoms with Crippen LogP contribution in [0.15, 0.2) is 58.8 Å². The molecule has 2 aromatic carbocycles. The number of benzene rings is 2. The molecule has 0 aliphatic rings. The van der Waals surface area contributed by atoms with E-state index in [0.717, 1.165) is 41.7 Å². The minimum absolute atomic E-state index is 0.00953. The molecule has 0 bridgehead atoms. The average Bonchev–Trinajstić information content (AvgIpc) is 3.26. The third kappa shape index (κ3) is 5.17. The molecular weight excluding hydrogens is 428 g/mol. The van der Waals surface area contributed by atoms with E-state index in [0.29, 0.717) is 11.4 Å². The maximum Gasteiger partial charge on any atom is 0.267 e. The zero-order valence-electron chi connectivity index (χ0n) is 18.3. The van der Waals surface area contributed by atoms with E-state index in [4.69, 9.17) is 0 Å². The van der Waals surface area contributed by atoms with Crippen LogP contribution in [0.5, 0.6) is 0 Å². The van der Waals surface area contributed by atoms with Crippen LogP contribution >= 0.6 is 11.3 Å². The lowest BCUT2D eigenvalue weighted by molar-refractivity contribution is 0.102. The molecule has 1 amide bonds. The Bertz CT molecular complexity index is 1170. The molecule has 1 aromatic heterocycles. The Labute approximate surface area is 188 Å². The Morgan fingerprint density at radius 3 is 2.39 bits per heavy atom. The van der Waals surface area contributed by atoms with Crippen molar-refractivity contribution in [3.8, 4) is 0 Å². The number of carbonyl (C=O) groups excluding carboxylic acids is 1. The molecule has 0 fully saturated rings. The van der Waals surface area contributed by atoms with Crippen LogP contribution in [-0.4, -0.2) is 21.4 Å². The molecule has 1 heterocycles. The highest BCUT2D eigenvalue weighted by Gasteiger charge is 2.28. The fraction of sp³-hybridized carbons (Fsp3) is 0.292. The molecule has 1 N–H and O–H groups in total. The van der Waals surface area contributed by atoms with Crippen molar-refractivity contribution in [2.24, 2.45) is 0 Å². The van der Waals surface area contributed by atoms with Gasteiger partial charge in [-0.2, -0.15) is 0 Å². The van der Waals surface area contributed by atoms with Gasteiger partial charge >= 0.3 is 0 Å². The van der Waals surface area contributed by atoms with Crippen molar-refractivity contribution in [1.82, 2.24) is 0 Å². The summed E-state index contributed by atoms with van der Waals surface area (Å²) >= 11 is 1.12. The predicted octanol–water partition coefficient (Wildman–Crippen LogP) is 5.78. The van der Waals surface area contributed by atoms with E-state index in [1.165, 1.54) is 23.0 Å². The molecule has 0 saturated heterocycles. The van der Waals surface area contributed by atoms with E-state index < -0.39 is 15.9 Å². The van der Waals surface area contributed by atoms with Crippen molar-refractivity contribution < 1.29 is 13.2 Å². The van der Waals surface area contributed by atoms with E-state index in [9.17, 15) is 13.2 Å². The second-order valence-electron chi connectivity index (χ2n) is 7.61. The third-order valence-corrected chi connectivity index (χ3v) is 8.23. The number of sulfonamides is 1. The van der Waals surface area contributed by atoms with Gasteiger partial charge in [-0.3, -0.25) is 9.10 Å². The van der Waals surface area contributed by atoms with Gasteiger partial charge in [0, 0.05) is 12.7 Å². The van der Waals surface area contributed by atoms with E-state index in [-0.39, 0.29) is 9.77 Å². The molecule has 3 rings (SSSR count). The molecule has 164 valence electrons. The Kier molecular flexibility index (Phi) is 7.18. The highest BCUT2D eigenvalue weighted by atomic mass is 32.2. The van der Waals surface area contributed by atoms with Gasteiger partial charge in [-0.05, 0) is 79.1 Å². The minimum atomic E-state index is -3.88. The first kappa shape index (κ1) is 23.0. The van der Waals surface area contributed by atoms with Gasteiger partial charge in [0.15, 0.2) is 0 Å². The maximum atomic E-state index is 13.3. The maximum absolute atomic E-state index is 13.3. The van der Waals surface area contributed by atoms with Crippen molar-refractivity contribution in [3.63, 3.8) is 0 Å². The van der Waals surface area contributed by atoms with Crippen LogP contribution in [-0.2, 0) is 16.4 Å². The van der Waals surface area contributed by atoms with Gasteiger partial charge in [0.2, 0.25) is 0 Å². The standard InChI is InChI=1S/C24H28N2O3S2/c1-5-6-7-19-9-11-20(12-10-19)25-24(27)23-22(14-15-30-23)31(28,29)26(4)21-13-8-17(2)18(3)16-21/h8-16H,5-7H2,1-4H3,(H,25,27). The lowest BCUT2D eigenvalue weighted by Gasteiger charge is -2.20. The molecule has 5 nitrogen and oxygen atoms in total. The summed E-state index contributed by atoms with van der Waals surface area (Å²) in [5.74, 6) is -0.427. The third-order valence-electron chi connectivity index (χ3n) is 5.36. The van der Waals surface area contributed by atoms with E-state index in [1.54, 1.807) is 11.4 Å². The quantitative estimate of drug-likeness (QED) is 0.467. The zero-order chi connectivity index (χ0) is 22.6. The largest absolute Gasteiger partial charge is 0.321 e. The lowest BCUT2D eigenvalue weighted by Crippen LogP contribution is -2.28. The number of amides is 1. The number of hydrogen-bond acceptors (Lipinski definition) is 4. The van der Waals surface area contributed by atoms with Crippen LogP contribution in [0.4, 0.5) is 11.4 Å². The number of nitrogens with one attached hydrogen (secondary N) is 1. The summed E-state index contributed by atoms with van der Waals surface area (Å²) in [6.45, 7) is 6.07. The number of anilines is 2. The Morgan fingerprint density at radius 1 is 1.03 bits per heavy atom. The van der Waals surface area contributed by atoms with Gasteiger partial charge in [0.05, 0.1) is 5.69 Å². The Balaban J connectivity index is 1.81. The second kappa shape index (κ2) is 9.66. The van der Waals surface area contributed by atoms with E-state index in [1.807, 2.05) is 50.2 Å². The van der Waals surface area contributed by atoms with Crippen LogP contribution in [0.25, 0.3) is 0 Å². The highest BCUT2D eigenvalue weighted by Crippen LogP contribution is 2.29. The van der Waals surface area contributed by atoms with Gasteiger partial charge in [-0.25, -0.2) is 8.42 Å².